The van der Waals surface area contributed by atoms with Gasteiger partial charge in [-0.1, -0.05) is 106 Å². The Balaban J connectivity index is 0.000000164. The first kappa shape index (κ1) is 103. The molecule has 1 N–H and O–H groups in total. The van der Waals surface area contributed by atoms with Crippen molar-refractivity contribution in [1.29, 1.82) is 0 Å². The van der Waals surface area contributed by atoms with Crippen LogP contribution in [0, 0.1) is 82.3 Å². The summed E-state index contributed by atoms with van der Waals surface area (Å²) in [4.78, 5) is 93.1. The second kappa shape index (κ2) is 43.3. The Labute approximate surface area is 761 Å². The highest BCUT2D eigenvalue weighted by atomic mass is 16.6. The molecule has 126 heavy (non-hydrogen) atoms. The maximum absolute atomic E-state index is 12.0. The van der Waals surface area contributed by atoms with Crippen LogP contribution in [0.2, 0.25) is 0 Å². The standard InChI is InChI=1S/C17H26O2.C16H24O2.C15H22O2.C14H20O3.C14H24O2.C12H20O2.C11H18O2.C10H16O2/c1-11(2)15(18)19-16(3,4)17-8-12-5-13(9-17)7-14(6-12)10-17;1-4-16(18-15(17)10(2)3)13-6-11-5-12(8-13)9-14(16)7-11;1-9(2)14(16)17-15(3)12-5-10-4-11(7-12)8-13(15)6-10;1-9(2)12(15)17-14-6-10-3-11(7-14)5-13(16,4-10)8-14;1-4-14(16-13(15)12(2)3)10-8-6-5-7-9-11-14;1-4-12(8-6-5-7-9-12)14-11(13)10(2)3;1-4-11(7-5-6-8-11)13-10(12)9(2)3;1-8(2)9(11)12-10(3)6-4-5-7-10/h12-14H,1,5-10H2,2-4H3;11-14H,2,4-9H2,1,3H3;10-13H,1,4-8H2,2-3H3;10-11,16H,1,3-8H2,2H3;2,4-11H2,1,3H3;2,4-9H2,1,3H3;2,4-8H2,1,3H3;1,4-7H2,2-3H3. The summed E-state index contributed by atoms with van der Waals surface area (Å²) in [5.41, 5.74) is 1.80. The third-order valence-electron chi connectivity index (χ3n) is 33.6. The molecule has 0 aromatic rings. The van der Waals surface area contributed by atoms with E-state index < -0.39 is 11.2 Å². The van der Waals surface area contributed by atoms with E-state index in [2.05, 4.69) is 101 Å². The lowest BCUT2D eigenvalue weighted by Crippen LogP contribution is -2.60. The van der Waals surface area contributed by atoms with Crippen molar-refractivity contribution in [3.63, 3.8) is 0 Å². The molecule has 0 saturated heterocycles. The summed E-state index contributed by atoms with van der Waals surface area (Å²) in [6, 6.07) is 0. The van der Waals surface area contributed by atoms with Crippen LogP contribution in [0.4, 0.5) is 0 Å². The molecule has 0 radical (unpaired) electrons. The van der Waals surface area contributed by atoms with Gasteiger partial charge in [0.05, 0.1) is 5.60 Å². The first-order valence-electron chi connectivity index (χ1n) is 49.9. The Hall–Kier alpha value is -6.36. The minimum atomic E-state index is -0.570. The summed E-state index contributed by atoms with van der Waals surface area (Å²) in [6.07, 6.45) is 53.0. The van der Waals surface area contributed by atoms with Gasteiger partial charge >= 0.3 is 47.8 Å². The molecule has 17 nitrogen and oxygen atoms in total. The smallest absolute Gasteiger partial charge is 0.333 e. The quantitative estimate of drug-likeness (QED) is 0.0639. The van der Waals surface area contributed by atoms with Crippen LogP contribution in [0.5, 0.6) is 0 Å². The lowest BCUT2D eigenvalue weighted by atomic mass is 9.46. The molecule has 20 aliphatic rings. The lowest BCUT2D eigenvalue weighted by Gasteiger charge is -2.61. The summed E-state index contributed by atoms with van der Waals surface area (Å²) in [7, 11) is 0. The number of esters is 8. The van der Waals surface area contributed by atoms with Gasteiger partial charge in [0.25, 0.3) is 0 Å². The SMILES string of the molecule is C=C(C)C(=O)OC(C)(C)C12CC3CC(CC(C3)C1)C2.C=C(C)C(=O)OC1(C)C2CC3CC(C2)CC1C3.C=C(C)C(=O)OC1(C)CCCC1.C=C(C)C(=O)OC1(CC)C2CC3CC(C2)CC1C3.C=C(C)C(=O)OC1(CC)CCCC1.C=C(C)C(=O)OC1(CC)CCCCC1.C=C(C)C(=O)OC1(CC)CCCCCCC1.C=C(C)C(=O)OC12CC3CC(CC(O)(C3)C1)C2. The van der Waals surface area contributed by atoms with Crippen LogP contribution >= 0.6 is 0 Å². The van der Waals surface area contributed by atoms with E-state index >= 15 is 0 Å². The fraction of sp³-hybridized carbons (Fsp3) is 0.780. The molecule has 0 aliphatic heterocycles. The van der Waals surface area contributed by atoms with Crippen molar-refractivity contribution in [2.75, 3.05) is 0 Å². The highest BCUT2D eigenvalue weighted by molar-refractivity contribution is 5.90. The number of carbonyl (C=O) groups excluding carboxylic acids is 8. The fourth-order valence-corrected chi connectivity index (χ4v) is 27.2. The Morgan fingerprint density at radius 2 is 0.571 bits per heavy atom. The maximum atomic E-state index is 12.0. The lowest BCUT2D eigenvalue weighted by molar-refractivity contribution is -0.217. The number of rotatable bonds is 21. The van der Waals surface area contributed by atoms with E-state index in [0.29, 0.717) is 86.5 Å². The molecule has 20 rings (SSSR count). The monoisotopic (exact) mass is 1750 g/mol. The molecule has 0 aromatic heterocycles. The van der Waals surface area contributed by atoms with Crippen LogP contribution in [0.15, 0.2) is 97.2 Å². The first-order chi connectivity index (χ1) is 59.1. The van der Waals surface area contributed by atoms with Crippen LogP contribution in [-0.4, -0.2) is 103 Å². The molecule has 20 saturated carbocycles. The molecule has 2 unspecified atom stereocenters. The molecule has 17 heteroatoms. The summed E-state index contributed by atoms with van der Waals surface area (Å²) >= 11 is 0. The summed E-state index contributed by atoms with van der Waals surface area (Å²) in [5.74, 6) is 7.98. The minimum Gasteiger partial charge on any atom is -0.456 e. The van der Waals surface area contributed by atoms with E-state index in [-0.39, 0.29) is 92.4 Å². The van der Waals surface area contributed by atoms with E-state index in [1.807, 2.05) is 6.92 Å². The Morgan fingerprint density at radius 3 is 0.897 bits per heavy atom. The molecule has 16 bridgehead atoms. The molecule has 0 amide bonds. The van der Waals surface area contributed by atoms with Crippen LogP contribution in [0.3, 0.4) is 0 Å². The van der Waals surface area contributed by atoms with Gasteiger partial charge in [-0.3, -0.25) is 0 Å². The van der Waals surface area contributed by atoms with E-state index in [4.69, 9.17) is 37.9 Å². The van der Waals surface area contributed by atoms with Gasteiger partial charge in [0.2, 0.25) is 0 Å². The second-order valence-corrected chi connectivity index (χ2v) is 44.8. The number of hydrogen-bond donors (Lipinski definition) is 1. The molecule has 0 aromatic carbocycles. The topological polar surface area (TPSA) is 231 Å². The van der Waals surface area contributed by atoms with Gasteiger partial charge in [-0.2, -0.15) is 0 Å². The van der Waals surface area contributed by atoms with Gasteiger partial charge in [0, 0.05) is 56.4 Å². The average Bonchev–Trinajstić information content (AvgIpc) is 0.780. The maximum Gasteiger partial charge on any atom is 0.333 e. The van der Waals surface area contributed by atoms with Gasteiger partial charge in [-0.15, -0.1) is 0 Å². The second-order valence-electron chi connectivity index (χ2n) is 44.8. The zero-order chi connectivity index (χ0) is 92.9. The third kappa shape index (κ3) is 26.1. The van der Waals surface area contributed by atoms with E-state index in [1.54, 1.807) is 55.4 Å². The van der Waals surface area contributed by atoms with Crippen LogP contribution in [0.25, 0.3) is 0 Å². The van der Waals surface area contributed by atoms with Crippen molar-refractivity contribution in [2.24, 2.45) is 82.3 Å². The van der Waals surface area contributed by atoms with E-state index in [1.165, 1.54) is 186 Å². The number of carbonyl (C=O) groups is 8. The molecule has 20 fully saturated rings. The Bertz CT molecular complexity index is 3810. The molecular weight excluding hydrogens is 1580 g/mol. The normalized spacial score (nSPS) is 34.0. The van der Waals surface area contributed by atoms with Crippen LogP contribution in [-0.2, 0) is 76.3 Å². The first-order valence-corrected chi connectivity index (χ1v) is 49.9. The Morgan fingerprint density at radius 1 is 0.302 bits per heavy atom. The van der Waals surface area contributed by atoms with E-state index in [0.717, 1.165) is 144 Å². The number of hydrogen-bond acceptors (Lipinski definition) is 17. The molecule has 2 atom stereocenters. The average molecular weight is 1750 g/mol. The highest BCUT2D eigenvalue weighted by Crippen LogP contribution is 2.66. The molecule has 0 spiro atoms. The fourth-order valence-electron chi connectivity index (χ4n) is 27.2. The molecule has 0 heterocycles. The number of aliphatic hydroxyl groups is 1. The zero-order valence-corrected chi connectivity index (χ0v) is 81.7. The highest BCUT2D eigenvalue weighted by Gasteiger charge is 2.63. The molecule has 20 aliphatic carbocycles. The predicted molar refractivity (Wildman–Crippen MR) is 500 cm³/mol. The predicted octanol–water partition coefficient (Wildman–Crippen LogP) is 25.8. The zero-order valence-electron chi connectivity index (χ0n) is 81.7. The molecule has 708 valence electrons. The van der Waals surface area contributed by atoms with Crippen LogP contribution in [0.1, 0.15) is 406 Å². The Kier molecular flexibility index (Phi) is 35.6. The largest absolute Gasteiger partial charge is 0.456 e. The van der Waals surface area contributed by atoms with Gasteiger partial charge in [-0.25, -0.2) is 38.4 Å². The number of ether oxygens (including phenoxy) is 8. The van der Waals surface area contributed by atoms with Crippen molar-refractivity contribution in [3.05, 3.63) is 97.2 Å². The van der Waals surface area contributed by atoms with Gasteiger partial charge in [0.1, 0.15) is 44.8 Å². The summed E-state index contributed by atoms with van der Waals surface area (Å²) in [5, 5.41) is 10.5. The van der Waals surface area contributed by atoms with Gasteiger partial charge in [-0.05, 0) is 423 Å². The van der Waals surface area contributed by atoms with Crippen molar-refractivity contribution in [2.45, 2.75) is 457 Å². The summed E-state index contributed by atoms with van der Waals surface area (Å²) < 4.78 is 45.4. The van der Waals surface area contributed by atoms with E-state index in [9.17, 15) is 43.5 Å². The van der Waals surface area contributed by atoms with Crippen molar-refractivity contribution >= 4 is 47.8 Å². The van der Waals surface area contributed by atoms with Crippen molar-refractivity contribution in [3.8, 4) is 0 Å². The van der Waals surface area contributed by atoms with Crippen molar-refractivity contribution in [1.82, 2.24) is 0 Å². The van der Waals surface area contributed by atoms with Gasteiger partial charge in [0.15, 0.2) is 0 Å². The van der Waals surface area contributed by atoms with Crippen LogP contribution < -0.4 is 0 Å². The van der Waals surface area contributed by atoms with Gasteiger partial charge < -0.3 is 43.0 Å². The molecular formula is C109H170O17. The summed E-state index contributed by atoms with van der Waals surface area (Å²) in [6.45, 7) is 59.8. The van der Waals surface area contributed by atoms with Crippen molar-refractivity contribution < 1.29 is 81.4 Å². The minimum absolute atomic E-state index is 0.163. The third-order valence-corrected chi connectivity index (χ3v) is 33.6.